The van der Waals surface area contributed by atoms with Crippen molar-refractivity contribution in [1.82, 2.24) is 5.32 Å². The molecule has 0 aromatic carbocycles. The zero-order valence-electron chi connectivity index (χ0n) is 10.3. The molecule has 0 radical (unpaired) electrons. The minimum Gasteiger partial charge on any atom is -0.472 e. The van der Waals surface area contributed by atoms with E-state index in [2.05, 4.69) is 39.1 Å². The molecule has 2 nitrogen and oxygen atoms in total. The van der Waals surface area contributed by atoms with Crippen LogP contribution in [0.25, 0.3) is 0 Å². The van der Waals surface area contributed by atoms with Gasteiger partial charge < -0.3 is 9.73 Å². The highest BCUT2D eigenvalue weighted by atomic mass is 16.3. The monoisotopic (exact) mass is 209 g/mol. The first-order valence-corrected chi connectivity index (χ1v) is 5.76. The van der Waals surface area contributed by atoms with E-state index < -0.39 is 0 Å². The van der Waals surface area contributed by atoms with Gasteiger partial charge in [0.15, 0.2) is 0 Å². The standard InChI is InChI=1S/C13H23NO/c1-5-14-9-12(13(2,3)4)8-11-6-7-15-10-11/h6-7,10,12,14H,5,8-9H2,1-4H3. The Kier molecular flexibility index (Phi) is 4.40. The summed E-state index contributed by atoms with van der Waals surface area (Å²) in [4.78, 5) is 0. The molecule has 1 unspecified atom stereocenters. The van der Waals surface area contributed by atoms with Gasteiger partial charge in [0.1, 0.15) is 0 Å². The van der Waals surface area contributed by atoms with Crippen LogP contribution >= 0.6 is 0 Å². The van der Waals surface area contributed by atoms with Crippen molar-refractivity contribution < 1.29 is 4.42 Å². The minimum atomic E-state index is 0.333. The van der Waals surface area contributed by atoms with Crippen LogP contribution in [0, 0.1) is 11.3 Å². The van der Waals surface area contributed by atoms with Crippen molar-refractivity contribution in [2.75, 3.05) is 13.1 Å². The molecule has 0 saturated carbocycles. The van der Waals surface area contributed by atoms with Crippen molar-refractivity contribution in [2.45, 2.75) is 34.1 Å². The number of hydrogen-bond acceptors (Lipinski definition) is 2. The van der Waals surface area contributed by atoms with Crippen LogP contribution in [0.2, 0.25) is 0 Å². The molecule has 0 bridgehead atoms. The lowest BCUT2D eigenvalue weighted by Gasteiger charge is -2.30. The van der Waals surface area contributed by atoms with Crippen molar-refractivity contribution >= 4 is 0 Å². The van der Waals surface area contributed by atoms with E-state index in [4.69, 9.17) is 4.42 Å². The fraction of sp³-hybridized carbons (Fsp3) is 0.692. The number of rotatable bonds is 5. The molecule has 0 aliphatic heterocycles. The zero-order valence-corrected chi connectivity index (χ0v) is 10.3. The van der Waals surface area contributed by atoms with Gasteiger partial charge >= 0.3 is 0 Å². The predicted octanol–water partition coefficient (Wildman–Crippen LogP) is 3.09. The molecule has 1 atom stereocenters. The summed E-state index contributed by atoms with van der Waals surface area (Å²) in [6.07, 6.45) is 4.69. The fourth-order valence-corrected chi connectivity index (χ4v) is 1.70. The number of nitrogens with one attached hydrogen (secondary N) is 1. The molecular formula is C13H23NO. The Morgan fingerprint density at radius 2 is 2.13 bits per heavy atom. The first-order valence-electron chi connectivity index (χ1n) is 5.76. The maximum absolute atomic E-state index is 5.11. The topological polar surface area (TPSA) is 25.2 Å². The Labute approximate surface area is 93.1 Å². The Bertz CT molecular complexity index is 259. The van der Waals surface area contributed by atoms with E-state index in [0.717, 1.165) is 19.5 Å². The van der Waals surface area contributed by atoms with Crippen LogP contribution in [0.15, 0.2) is 23.0 Å². The molecule has 15 heavy (non-hydrogen) atoms. The molecule has 0 fully saturated rings. The molecule has 0 spiro atoms. The summed E-state index contributed by atoms with van der Waals surface area (Å²) in [7, 11) is 0. The van der Waals surface area contributed by atoms with Gasteiger partial charge in [0.2, 0.25) is 0 Å². The van der Waals surface area contributed by atoms with E-state index >= 15 is 0 Å². The molecule has 86 valence electrons. The average Bonchev–Trinajstić information content (AvgIpc) is 2.62. The van der Waals surface area contributed by atoms with Gasteiger partial charge in [0, 0.05) is 0 Å². The lowest BCUT2D eigenvalue weighted by molar-refractivity contribution is 0.231. The van der Waals surface area contributed by atoms with Gasteiger partial charge in [-0.05, 0) is 42.5 Å². The van der Waals surface area contributed by atoms with Crippen LogP contribution in [0.1, 0.15) is 33.3 Å². The van der Waals surface area contributed by atoms with Crippen molar-refractivity contribution in [3.8, 4) is 0 Å². The second-order valence-corrected chi connectivity index (χ2v) is 5.21. The third kappa shape index (κ3) is 4.08. The van der Waals surface area contributed by atoms with Gasteiger partial charge in [-0.15, -0.1) is 0 Å². The number of furan rings is 1. The highest BCUT2D eigenvalue weighted by molar-refractivity contribution is 5.07. The van der Waals surface area contributed by atoms with Gasteiger partial charge in [0.25, 0.3) is 0 Å². The van der Waals surface area contributed by atoms with E-state index in [1.807, 2.05) is 6.26 Å². The summed E-state index contributed by atoms with van der Waals surface area (Å²) in [5, 5.41) is 3.44. The SMILES string of the molecule is CCNCC(Cc1ccoc1)C(C)(C)C. The Hall–Kier alpha value is -0.760. The Morgan fingerprint density at radius 3 is 2.60 bits per heavy atom. The summed E-state index contributed by atoms with van der Waals surface area (Å²) in [5.41, 5.74) is 1.63. The van der Waals surface area contributed by atoms with E-state index in [9.17, 15) is 0 Å². The normalized spacial score (nSPS) is 14.1. The van der Waals surface area contributed by atoms with E-state index in [1.54, 1.807) is 6.26 Å². The van der Waals surface area contributed by atoms with E-state index in [0.29, 0.717) is 11.3 Å². The molecule has 0 saturated heterocycles. The second-order valence-electron chi connectivity index (χ2n) is 5.21. The van der Waals surface area contributed by atoms with Crippen LogP contribution in [0.5, 0.6) is 0 Å². The van der Waals surface area contributed by atoms with Crippen LogP contribution in [0.3, 0.4) is 0 Å². The third-order valence-electron chi connectivity index (χ3n) is 2.93. The molecule has 0 aliphatic carbocycles. The average molecular weight is 209 g/mol. The largest absolute Gasteiger partial charge is 0.472 e. The molecule has 1 rings (SSSR count). The predicted molar refractivity (Wildman–Crippen MR) is 63.9 cm³/mol. The van der Waals surface area contributed by atoms with Gasteiger partial charge in [-0.25, -0.2) is 0 Å². The van der Waals surface area contributed by atoms with Crippen molar-refractivity contribution in [3.63, 3.8) is 0 Å². The zero-order chi connectivity index (χ0) is 11.3. The minimum absolute atomic E-state index is 0.333. The van der Waals surface area contributed by atoms with E-state index in [-0.39, 0.29) is 0 Å². The maximum Gasteiger partial charge on any atom is 0.0934 e. The second kappa shape index (κ2) is 5.36. The summed E-state index contributed by atoms with van der Waals surface area (Å²) < 4.78 is 5.11. The molecule has 1 aromatic heterocycles. The van der Waals surface area contributed by atoms with Crippen molar-refractivity contribution in [3.05, 3.63) is 24.2 Å². The smallest absolute Gasteiger partial charge is 0.0934 e. The molecule has 2 heteroatoms. The van der Waals surface area contributed by atoms with Crippen LogP contribution < -0.4 is 5.32 Å². The van der Waals surface area contributed by atoms with Crippen LogP contribution in [0.4, 0.5) is 0 Å². The van der Waals surface area contributed by atoms with Crippen molar-refractivity contribution in [2.24, 2.45) is 11.3 Å². The molecule has 0 amide bonds. The summed E-state index contributed by atoms with van der Waals surface area (Å²) in [6.45, 7) is 11.2. The summed E-state index contributed by atoms with van der Waals surface area (Å²) >= 11 is 0. The first kappa shape index (κ1) is 12.3. The van der Waals surface area contributed by atoms with Crippen molar-refractivity contribution in [1.29, 1.82) is 0 Å². The number of hydrogen-bond donors (Lipinski definition) is 1. The molecule has 1 heterocycles. The van der Waals surface area contributed by atoms with Crippen LogP contribution in [-0.2, 0) is 6.42 Å². The Morgan fingerprint density at radius 1 is 1.40 bits per heavy atom. The van der Waals surface area contributed by atoms with Gasteiger partial charge in [-0.1, -0.05) is 27.7 Å². The summed E-state index contributed by atoms with van der Waals surface area (Å²) in [5.74, 6) is 0.648. The molecule has 1 N–H and O–H groups in total. The lowest BCUT2D eigenvalue weighted by atomic mass is 9.77. The van der Waals surface area contributed by atoms with E-state index in [1.165, 1.54) is 5.56 Å². The quantitative estimate of drug-likeness (QED) is 0.806. The third-order valence-corrected chi connectivity index (χ3v) is 2.93. The van der Waals surface area contributed by atoms with Gasteiger partial charge in [0.05, 0.1) is 12.5 Å². The summed E-state index contributed by atoms with van der Waals surface area (Å²) in [6, 6.07) is 2.06. The maximum atomic E-state index is 5.11. The van der Waals surface area contributed by atoms with Gasteiger partial charge in [-0.3, -0.25) is 0 Å². The molecule has 1 aromatic rings. The van der Waals surface area contributed by atoms with Crippen LogP contribution in [-0.4, -0.2) is 13.1 Å². The van der Waals surface area contributed by atoms with Gasteiger partial charge in [-0.2, -0.15) is 0 Å². The first-order chi connectivity index (χ1) is 7.04. The fourth-order valence-electron chi connectivity index (χ4n) is 1.70. The highest BCUT2D eigenvalue weighted by Crippen LogP contribution is 2.28. The Balaban J connectivity index is 2.57. The highest BCUT2D eigenvalue weighted by Gasteiger charge is 2.24. The lowest BCUT2D eigenvalue weighted by Crippen LogP contribution is -2.33. The molecular weight excluding hydrogens is 186 g/mol. The molecule has 0 aliphatic rings.